The van der Waals surface area contributed by atoms with Crippen LogP contribution in [-0.2, 0) is 7.05 Å². The minimum Gasteiger partial charge on any atom is -0.341 e. The first-order valence-corrected chi connectivity index (χ1v) is 7.72. The summed E-state index contributed by atoms with van der Waals surface area (Å²) < 4.78 is 2.14. The van der Waals surface area contributed by atoms with E-state index in [2.05, 4.69) is 22.1 Å². The van der Waals surface area contributed by atoms with Gasteiger partial charge < -0.3 is 4.57 Å². The number of hydrogen-bond acceptors (Lipinski definition) is 3. The molecule has 0 unspecified atom stereocenters. The maximum absolute atomic E-state index is 11.5. The molecule has 19 heavy (non-hydrogen) atoms. The third-order valence-corrected chi connectivity index (χ3v) is 5.07. The zero-order valence-electron chi connectivity index (χ0n) is 10.7. The van der Waals surface area contributed by atoms with Crippen LogP contribution in [0.1, 0.15) is 15.9 Å². The molecule has 0 N–H and O–H groups in total. The van der Waals surface area contributed by atoms with Crippen LogP contribution in [0.15, 0.2) is 35.0 Å². The fourth-order valence-corrected chi connectivity index (χ4v) is 4.15. The Morgan fingerprint density at radius 2 is 1.63 bits per heavy atom. The molecule has 0 radical (unpaired) electrons. The van der Waals surface area contributed by atoms with Gasteiger partial charge in [0.25, 0.3) is 0 Å². The van der Waals surface area contributed by atoms with Crippen molar-refractivity contribution in [1.82, 2.24) is 4.57 Å². The van der Waals surface area contributed by atoms with Gasteiger partial charge in [0.2, 0.25) is 0 Å². The molecule has 2 nitrogen and oxygen atoms in total. The Balaban J connectivity index is 2.32. The Morgan fingerprint density at radius 1 is 1.05 bits per heavy atom. The van der Waals surface area contributed by atoms with Crippen LogP contribution in [0.5, 0.6) is 0 Å². The van der Waals surface area contributed by atoms with E-state index in [1.54, 1.807) is 22.7 Å². The highest BCUT2D eigenvalue weighted by atomic mass is 32.1. The van der Waals surface area contributed by atoms with Gasteiger partial charge in [-0.3, -0.25) is 4.79 Å². The van der Waals surface area contributed by atoms with Crippen molar-refractivity contribution >= 4 is 29.0 Å². The molecule has 4 heteroatoms. The first kappa shape index (κ1) is 12.4. The van der Waals surface area contributed by atoms with Crippen molar-refractivity contribution < 1.29 is 4.79 Å². The van der Waals surface area contributed by atoms with Crippen molar-refractivity contribution in [2.75, 3.05) is 0 Å². The molecule has 0 saturated carbocycles. The quantitative estimate of drug-likeness (QED) is 0.645. The second-order valence-corrected chi connectivity index (χ2v) is 6.26. The van der Waals surface area contributed by atoms with Gasteiger partial charge in [0.05, 0.1) is 21.1 Å². The molecule has 0 aliphatic carbocycles. The number of thiophene rings is 2. The number of aromatic nitrogens is 1. The highest BCUT2D eigenvalue weighted by Crippen LogP contribution is 2.38. The van der Waals surface area contributed by atoms with E-state index in [1.165, 1.54) is 4.88 Å². The van der Waals surface area contributed by atoms with Gasteiger partial charge in [0, 0.05) is 12.6 Å². The molecule has 0 spiro atoms. The summed E-state index contributed by atoms with van der Waals surface area (Å²) in [5.74, 6) is 0. The van der Waals surface area contributed by atoms with Crippen molar-refractivity contribution in [3.63, 3.8) is 0 Å². The van der Waals surface area contributed by atoms with Crippen LogP contribution < -0.4 is 0 Å². The van der Waals surface area contributed by atoms with Crippen molar-refractivity contribution in [2.24, 2.45) is 7.05 Å². The van der Waals surface area contributed by atoms with Gasteiger partial charge in [-0.05, 0) is 35.4 Å². The van der Waals surface area contributed by atoms with Gasteiger partial charge in [0.15, 0.2) is 6.29 Å². The van der Waals surface area contributed by atoms with Gasteiger partial charge in [-0.15, -0.1) is 22.7 Å². The van der Waals surface area contributed by atoms with Gasteiger partial charge in [-0.25, -0.2) is 0 Å². The molecule has 0 bridgehead atoms. The number of hydrogen-bond donors (Lipinski definition) is 0. The normalized spacial score (nSPS) is 10.8. The average Bonchev–Trinajstić information content (AvgIpc) is 3.09. The zero-order chi connectivity index (χ0) is 13.4. The Bertz CT molecular complexity index is 706. The topological polar surface area (TPSA) is 22.0 Å². The van der Waals surface area contributed by atoms with Crippen molar-refractivity contribution in [3.8, 4) is 21.1 Å². The van der Waals surface area contributed by atoms with E-state index in [9.17, 15) is 4.79 Å². The van der Waals surface area contributed by atoms with Gasteiger partial charge >= 0.3 is 0 Å². The molecular weight excluding hydrogens is 274 g/mol. The molecule has 0 saturated heterocycles. The maximum Gasteiger partial charge on any atom is 0.152 e. The lowest BCUT2D eigenvalue weighted by Gasteiger charge is -2.05. The fraction of sp³-hybridized carbons (Fsp3) is 0.133. The van der Waals surface area contributed by atoms with E-state index in [0.717, 1.165) is 33.7 Å². The Morgan fingerprint density at radius 3 is 2.11 bits per heavy atom. The lowest BCUT2D eigenvalue weighted by Crippen LogP contribution is -1.93. The lowest BCUT2D eigenvalue weighted by atomic mass is 10.1. The smallest absolute Gasteiger partial charge is 0.152 e. The van der Waals surface area contributed by atoms with Crippen LogP contribution >= 0.6 is 22.7 Å². The molecule has 0 aliphatic rings. The summed E-state index contributed by atoms with van der Waals surface area (Å²) in [4.78, 5) is 13.8. The van der Waals surface area contributed by atoms with Gasteiger partial charge in [-0.1, -0.05) is 12.1 Å². The van der Waals surface area contributed by atoms with Crippen LogP contribution in [-0.4, -0.2) is 10.9 Å². The lowest BCUT2D eigenvalue weighted by molar-refractivity contribution is 0.112. The van der Waals surface area contributed by atoms with E-state index < -0.39 is 0 Å². The number of aldehydes is 1. The molecule has 3 aromatic rings. The van der Waals surface area contributed by atoms with E-state index >= 15 is 0 Å². The van der Waals surface area contributed by atoms with Gasteiger partial charge in [0.1, 0.15) is 0 Å². The highest BCUT2D eigenvalue weighted by molar-refractivity contribution is 7.14. The summed E-state index contributed by atoms with van der Waals surface area (Å²) in [6.45, 7) is 2.02. The number of carbonyl (C=O) groups excluding carboxylic acids is 1. The fourth-order valence-electron chi connectivity index (χ4n) is 2.47. The second-order valence-electron chi connectivity index (χ2n) is 4.37. The molecule has 0 fully saturated rings. The molecule has 3 heterocycles. The van der Waals surface area contributed by atoms with E-state index in [0.29, 0.717) is 0 Å². The number of rotatable bonds is 3. The van der Waals surface area contributed by atoms with Crippen LogP contribution in [0.3, 0.4) is 0 Å². The predicted octanol–water partition coefficient (Wildman–Crippen LogP) is 4.60. The largest absolute Gasteiger partial charge is 0.341 e. The standard InChI is InChI=1S/C15H13NOS2/c1-10-11(9-17)15(13-6-4-8-19-13)16(2)14(10)12-5-3-7-18-12/h3-9H,1-2H3. The minimum absolute atomic E-state index is 0.799. The summed E-state index contributed by atoms with van der Waals surface area (Å²) in [7, 11) is 2.03. The van der Waals surface area contributed by atoms with E-state index in [-0.39, 0.29) is 0 Å². The van der Waals surface area contributed by atoms with Crippen LogP contribution in [0.2, 0.25) is 0 Å². The van der Waals surface area contributed by atoms with Crippen molar-refractivity contribution in [3.05, 3.63) is 46.2 Å². The van der Waals surface area contributed by atoms with E-state index in [4.69, 9.17) is 0 Å². The predicted molar refractivity (Wildman–Crippen MR) is 82.2 cm³/mol. The monoisotopic (exact) mass is 287 g/mol. The summed E-state index contributed by atoms with van der Waals surface area (Å²) in [5, 5.41) is 4.10. The van der Waals surface area contributed by atoms with Crippen LogP contribution in [0.4, 0.5) is 0 Å². The van der Waals surface area contributed by atoms with Crippen LogP contribution in [0.25, 0.3) is 21.1 Å². The van der Waals surface area contributed by atoms with Crippen LogP contribution in [0, 0.1) is 6.92 Å². The Labute approximate surface area is 120 Å². The molecule has 3 rings (SSSR count). The molecular formula is C15H13NOS2. The zero-order valence-corrected chi connectivity index (χ0v) is 12.3. The minimum atomic E-state index is 0.799. The summed E-state index contributed by atoms with van der Waals surface area (Å²) >= 11 is 3.36. The first-order chi connectivity index (χ1) is 9.24. The molecule has 0 amide bonds. The average molecular weight is 287 g/mol. The summed E-state index contributed by atoms with van der Waals surface area (Å²) in [6, 6.07) is 8.21. The third-order valence-electron chi connectivity index (χ3n) is 3.31. The first-order valence-electron chi connectivity index (χ1n) is 5.96. The highest BCUT2D eigenvalue weighted by Gasteiger charge is 2.20. The summed E-state index contributed by atoms with van der Waals surface area (Å²) in [5.41, 5.74) is 4.02. The van der Waals surface area contributed by atoms with Gasteiger partial charge in [-0.2, -0.15) is 0 Å². The molecule has 0 aromatic carbocycles. The molecule has 96 valence electrons. The third kappa shape index (κ3) is 1.88. The van der Waals surface area contributed by atoms with Crippen molar-refractivity contribution in [1.29, 1.82) is 0 Å². The summed E-state index contributed by atoms with van der Waals surface area (Å²) in [6.07, 6.45) is 0.974. The SMILES string of the molecule is Cc1c(C=O)c(-c2cccs2)n(C)c1-c1cccs1. The molecule has 0 atom stereocenters. The maximum atomic E-state index is 11.5. The Kier molecular flexibility index (Phi) is 3.12. The number of carbonyl (C=O) groups is 1. The molecule has 0 aliphatic heterocycles. The van der Waals surface area contributed by atoms with E-state index in [1.807, 2.05) is 31.5 Å². The Hall–Kier alpha value is -1.65. The molecule has 3 aromatic heterocycles. The second kappa shape index (κ2) is 4.79. The van der Waals surface area contributed by atoms with Crippen molar-refractivity contribution in [2.45, 2.75) is 6.92 Å². The number of nitrogens with zero attached hydrogens (tertiary/aromatic N) is 1.